The molecule has 0 N–H and O–H groups in total. The number of benzene rings is 1. The Morgan fingerprint density at radius 3 is 1.20 bits per heavy atom. The second-order valence-electron chi connectivity index (χ2n) is 4.85. The van der Waals surface area contributed by atoms with Crippen molar-refractivity contribution in [1.29, 1.82) is 0 Å². The topological polar surface area (TPSA) is 17.1 Å². The van der Waals surface area contributed by atoms with E-state index in [-0.39, 0.29) is 0 Å². The minimum absolute atomic E-state index is 0.446. The molecule has 6 heteroatoms. The van der Waals surface area contributed by atoms with E-state index in [0.29, 0.717) is 26.4 Å². The first-order chi connectivity index (χ1) is 12.0. The second-order valence-corrected chi connectivity index (χ2v) is 11.8. The first-order valence-electron chi connectivity index (χ1n) is 8.72. The molecule has 0 aliphatic carbocycles. The summed E-state index contributed by atoms with van der Waals surface area (Å²) >= 11 is 8.89. The molecule has 0 radical (unpaired) electrons. The van der Waals surface area contributed by atoms with Gasteiger partial charge in [0, 0.05) is 5.02 Å². The quantitative estimate of drug-likeness (QED) is 0.229. The predicted octanol–water partition coefficient (Wildman–Crippen LogP) is 7.54. The maximum atomic E-state index is 9.95. The summed E-state index contributed by atoms with van der Waals surface area (Å²) in [4.78, 5) is 9.95. The van der Waals surface area contributed by atoms with Gasteiger partial charge >= 0.3 is 24.8 Å². The standard InChI is InChI=1S/C7H4ClO.2C6H15P.ClH.Ni/c8-7-3-1-6(5-9)2-4-7;2*1-4-7(5-2)6-3;;/h1-4H;2*4-6H2,1-3H3;1H;/q-1;;;;+1/p-1. The molecule has 0 bridgehead atoms. The zero-order valence-corrected chi connectivity index (χ0v) is 20.7. The van der Waals surface area contributed by atoms with Crippen LogP contribution in [0.25, 0.3) is 0 Å². The van der Waals surface area contributed by atoms with Gasteiger partial charge in [-0.15, -0.1) is 15.8 Å². The summed E-state index contributed by atoms with van der Waals surface area (Å²) in [6, 6.07) is 6.55. The number of rotatable bonds is 7. The van der Waals surface area contributed by atoms with Gasteiger partial charge in [-0.25, -0.2) is 0 Å². The van der Waals surface area contributed by atoms with Gasteiger partial charge in [0.05, 0.1) is 6.29 Å². The van der Waals surface area contributed by atoms with Crippen molar-refractivity contribution in [1.82, 2.24) is 0 Å². The van der Waals surface area contributed by atoms with Crippen molar-refractivity contribution < 1.29 is 19.4 Å². The van der Waals surface area contributed by atoms with Gasteiger partial charge in [0.2, 0.25) is 0 Å². The van der Waals surface area contributed by atoms with Crippen molar-refractivity contribution in [2.75, 3.05) is 37.0 Å². The van der Waals surface area contributed by atoms with E-state index >= 15 is 0 Å². The average molecular weight is 470 g/mol. The Morgan fingerprint density at radius 1 is 0.760 bits per heavy atom. The van der Waals surface area contributed by atoms with Crippen LogP contribution in [0.3, 0.4) is 0 Å². The number of carbonyl (C=O) groups excluding carboxylic acids is 1. The van der Waals surface area contributed by atoms with Crippen molar-refractivity contribution in [2.24, 2.45) is 0 Å². The van der Waals surface area contributed by atoms with Crippen LogP contribution in [0.5, 0.6) is 0 Å². The summed E-state index contributed by atoms with van der Waals surface area (Å²) in [5.74, 6) is 0. The Bertz CT molecular complexity index is 347. The molecule has 0 aliphatic rings. The van der Waals surface area contributed by atoms with Crippen LogP contribution in [0.15, 0.2) is 24.3 Å². The third-order valence-electron chi connectivity index (χ3n) is 3.65. The summed E-state index contributed by atoms with van der Waals surface area (Å²) in [5, 5.41) is 0.633. The molecule has 0 fully saturated rings. The fraction of sp³-hybridized carbons (Fsp3) is 0.632. The molecule has 0 aliphatic heterocycles. The van der Waals surface area contributed by atoms with Crippen molar-refractivity contribution in [3.05, 3.63) is 34.9 Å². The Hall–Kier alpha value is 0.824. The first kappa shape index (κ1) is 30.5. The van der Waals surface area contributed by atoms with Gasteiger partial charge in [0.25, 0.3) is 0 Å². The van der Waals surface area contributed by atoms with E-state index < -0.39 is 0 Å². The molecule has 1 nitrogen and oxygen atoms in total. The zero-order chi connectivity index (χ0) is 20.1. The van der Waals surface area contributed by atoms with E-state index in [1.807, 2.05) is 0 Å². The van der Waals surface area contributed by atoms with Gasteiger partial charge in [-0.2, -0.15) is 17.7 Å². The SMILES string of the molecule is CCP(CC)CC.CCP(CC)CC.O=[C-]c1ccc(Cl)cc1.[Cl][Ni]. The van der Waals surface area contributed by atoms with Crippen molar-refractivity contribution >= 4 is 43.9 Å². The molecule has 151 valence electrons. The van der Waals surface area contributed by atoms with Crippen LogP contribution in [0, 0.1) is 0 Å². The summed E-state index contributed by atoms with van der Waals surface area (Å²) in [5.41, 5.74) is 0.527. The van der Waals surface area contributed by atoms with Crippen LogP contribution in [0.4, 0.5) is 0 Å². The summed E-state index contributed by atoms with van der Waals surface area (Å²) in [6.45, 7) is 13.7. The summed E-state index contributed by atoms with van der Waals surface area (Å²) < 4.78 is 0. The molecular weight excluding hydrogens is 436 g/mol. The average Bonchev–Trinajstić information content (AvgIpc) is 2.68. The van der Waals surface area contributed by atoms with E-state index in [2.05, 4.69) is 66.3 Å². The Balaban J connectivity index is -0.000000280. The fourth-order valence-corrected chi connectivity index (χ4v) is 4.67. The van der Waals surface area contributed by atoms with Crippen LogP contribution in [-0.4, -0.2) is 43.3 Å². The van der Waals surface area contributed by atoms with Gasteiger partial charge in [-0.1, -0.05) is 65.3 Å². The van der Waals surface area contributed by atoms with E-state index in [1.54, 1.807) is 30.6 Å². The van der Waals surface area contributed by atoms with Crippen LogP contribution in [0.2, 0.25) is 5.02 Å². The van der Waals surface area contributed by atoms with Crippen LogP contribution >= 0.6 is 37.6 Å². The number of halogens is 2. The Labute approximate surface area is 176 Å². The third-order valence-corrected chi connectivity index (χ3v) is 9.26. The predicted molar refractivity (Wildman–Crippen MR) is 119 cm³/mol. The molecule has 1 aromatic carbocycles. The van der Waals surface area contributed by atoms with Crippen molar-refractivity contribution in [3.63, 3.8) is 0 Å². The van der Waals surface area contributed by atoms with Crippen LogP contribution in [-0.2, 0) is 19.4 Å². The normalized spacial score (nSPS) is 9.28. The Kier molecular flexibility index (Phi) is 30.3. The molecule has 0 spiro atoms. The molecular formula is C19H34Cl2NiOP2-. The van der Waals surface area contributed by atoms with Gasteiger partial charge < -0.3 is 4.79 Å². The third kappa shape index (κ3) is 21.0. The van der Waals surface area contributed by atoms with E-state index in [9.17, 15) is 4.79 Å². The molecule has 25 heavy (non-hydrogen) atoms. The molecule has 0 unspecified atom stereocenters. The van der Waals surface area contributed by atoms with Gasteiger partial charge in [-0.05, 0) is 37.0 Å². The van der Waals surface area contributed by atoms with Gasteiger partial charge in [0.15, 0.2) is 0 Å². The monoisotopic (exact) mass is 468 g/mol. The molecule has 1 rings (SSSR count). The minimum atomic E-state index is 0.446. The molecule has 0 saturated heterocycles. The number of hydrogen-bond acceptors (Lipinski definition) is 1. The molecule has 0 aromatic heterocycles. The van der Waals surface area contributed by atoms with Gasteiger partial charge in [-0.3, -0.25) is 0 Å². The van der Waals surface area contributed by atoms with Crippen LogP contribution in [0.1, 0.15) is 47.1 Å². The molecule has 0 amide bonds. The van der Waals surface area contributed by atoms with E-state index in [4.69, 9.17) is 11.6 Å². The van der Waals surface area contributed by atoms with E-state index in [1.165, 1.54) is 37.0 Å². The first-order valence-corrected chi connectivity index (χ1v) is 14.3. The van der Waals surface area contributed by atoms with Gasteiger partial charge in [0.1, 0.15) is 0 Å². The van der Waals surface area contributed by atoms with E-state index in [0.717, 1.165) is 0 Å². The molecule has 0 heterocycles. The fourth-order valence-electron chi connectivity index (χ4n) is 1.86. The Morgan fingerprint density at radius 2 is 1.04 bits per heavy atom. The summed E-state index contributed by atoms with van der Waals surface area (Å²) in [6.07, 6.45) is 10.3. The van der Waals surface area contributed by atoms with Crippen molar-refractivity contribution in [3.8, 4) is 0 Å². The second kappa shape index (κ2) is 24.8. The number of hydrogen-bond donors (Lipinski definition) is 0. The van der Waals surface area contributed by atoms with Crippen molar-refractivity contribution in [2.45, 2.75) is 41.5 Å². The van der Waals surface area contributed by atoms with Crippen LogP contribution < -0.4 is 0 Å². The maximum absolute atomic E-state index is 9.95. The molecule has 0 atom stereocenters. The molecule has 1 aromatic rings. The zero-order valence-electron chi connectivity index (χ0n) is 16.4. The molecule has 0 saturated carbocycles. The summed E-state index contributed by atoms with van der Waals surface area (Å²) in [7, 11) is 5.16.